The average molecular weight is 281 g/mol. The van der Waals surface area contributed by atoms with Gasteiger partial charge in [-0.2, -0.15) is 5.26 Å². The molecule has 0 aromatic heterocycles. The molecule has 0 bridgehead atoms. The van der Waals surface area contributed by atoms with Crippen molar-refractivity contribution in [2.45, 2.75) is 78.2 Å². The first-order chi connectivity index (χ1) is 9.61. The Morgan fingerprint density at radius 1 is 0.950 bits per heavy atom. The smallest absolute Gasteiger partial charge is 0.103 e. The Balaban J connectivity index is 3.94. The van der Waals surface area contributed by atoms with Gasteiger partial charge in [0.1, 0.15) is 5.54 Å². The van der Waals surface area contributed by atoms with Gasteiger partial charge >= 0.3 is 0 Å². The maximum atomic E-state index is 9.23. The fourth-order valence-electron chi connectivity index (χ4n) is 2.49. The quantitative estimate of drug-likeness (QED) is 0.520. The topological polar surface area (TPSA) is 39.1 Å². The number of hydrogen-bond acceptors (Lipinski definition) is 3. The van der Waals surface area contributed by atoms with Crippen LogP contribution in [0.1, 0.15) is 72.6 Å². The molecule has 1 atom stereocenters. The first-order valence-electron chi connectivity index (χ1n) is 8.50. The van der Waals surface area contributed by atoms with Crippen molar-refractivity contribution >= 4 is 0 Å². The van der Waals surface area contributed by atoms with Crippen LogP contribution in [0.2, 0.25) is 0 Å². The van der Waals surface area contributed by atoms with E-state index in [1.54, 1.807) is 0 Å². The second-order valence-corrected chi connectivity index (χ2v) is 5.98. The van der Waals surface area contributed by atoms with E-state index in [2.05, 4.69) is 37.1 Å². The molecule has 0 aliphatic rings. The summed E-state index contributed by atoms with van der Waals surface area (Å²) in [4.78, 5) is 2.60. The minimum absolute atomic E-state index is 0.341. The molecule has 0 rings (SSSR count). The summed E-state index contributed by atoms with van der Waals surface area (Å²) >= 11 is 0. The van der Waals surface area contributed by atoms with Gasteiger partial charge < -0.3 is 4.90 Å². The van der Waals surface area contributed by atoms with Gasteiger partial charge in [-0.3, -0.25) is 5.32 Å². The van der Waals surface area contributed by atoms with Crippen LogP contribution in [0.15, 0.2) is 0 Å². The van der Waals surface area contributed by atoms with E-state index >= 15 is 0 Å². The zero-order chi connectivity index (χ0) is 15.3. The molecule has 0 fully saturated rings. The number of nitrogens with one attached hydrogen (secondary N) is 1. The van der Waals surface area contributed by atoms with E-state index in [0.29, 0.717) is 0 Å². The number of nitrogens with zero attached hydrogens (tertiary/aromatic N) is 2. The van der Waals surface area contributed by atoms with Crippen LogP contribution in [-0.4, -0.2) is 36.6 Å². The summed E-state index contributed by atoms with van der Waals surface area (Å²) in [6.45, 7) is 13.1. The summed E-state index contributed by atoms with van der Waals surface area (Å²) < 4.78 is 0. The molecule has 0 heterocycles. The molecule has 1 N–H and O–H groups in total. The van der Waals surface area contributed by atoms with E-state index in [4.69, 9.17) is 0 Å². The molecule has 1 unspecified atom stereocenters. The Morgan fingerprint density at radius 2 is 1.50 bits per heavy atom. The van der Waals surface area contributed by atoms with Crippen molar-refractivity contribution in [1.82, 2.24) is 10.2 Å². The van der Waals surface area contributed by atoms with Crippen LogP contribution in [0, 0.1) is 11.3 Å². The molecule has 0 radical (unpaired) electrons. The van der Waals surface area contributed by atoms with Gasteiger partial charge in [-0.25, -0.2) is 0 Å². The first kappa shape index (κ1) is 19.4. The predicted molar refractivity (Wildman–Crippen MR) is 87.8 cm³/mol. The largest absolute Gasteiger partial charge is 0.303 e. The van der Waals surface area contributed by atoms with Crippen LogP contribution in [0.3, 0.4) is 0 Å². The third-order valence-electron chi connectivity index (χ3n) is 3.87. The van der Waals surface area contributed by atoms with E-state index < -0.39 is 0 Å². The Kier molecular flexibility index (Phi) is 11.8. The van der Waals surface area contributed by atoms with Crippen molar-refractivity contribution in [3.8, 4) is 6.07 Å². The lowest BCUT2D eigenvalue weighted by molar-refractivity contribution is 0.255. The van der Waals surface area contributed by atoms with Gasteiger partial charge in [0.2, 0.25) is 0 Å². The van der Waals surface area contributed by atoms with Gasteiger partial charge in [0.15, 0.2) is 0 Å². The maximum absolute atomic E-state index is 9.23. The highest BCUT2D eigenvalue weighted by Gasteiger charge is 2.21. The van der Waals surface area contributed by atoms with E-state index in [1.807, 2.05) is 6.92 Å². The summed E-state index contributed by atoms with van der Waals surface area (Å²) in [5.74, 6) is 0. The molecular formula is C17H35N3. The lowest BCUT2D eigenvalue weighted by Gasteiger charge is -2.24. The zero-order valence-electron chi connectivity index (χ0n) is 14.2. The molecule has 3 nitrogen and oxygen atoms in total. The Morgan fingerprint density at radius 3 is 1.95 bits per heavy atom. The van der Waals surface area contributed by atoms with Crippen molar-refractivity contribution in [2.75, 3.05) is 26.2 Å². The summed E-state index contributed by atoms with van der Waals surface area (Å²) in [6, 6.07) is 2.41. The SMILES string of the molecule is CCCCN(CCCC)CCCCC(C)(C#N)NCC. The van der Waals surface area contributed by atoms with Crippen LogP contribution < -0.4 is 5.32 Å². The molecular weight excluding hydrogens is 246 g/mol. The van der Waals surface area contributed by atoms with Crippen molar-refractivity contribution in [2.24, 2.45) is 0 Å². The fourth-order valence-corrected chi connectivity index (χ4v) is 2.49. The van der Waals surface area contributed by atoms with E-state index in [1.165, 1.54) is 51.7 Å². The lowest BCUT2D eigenvalue weighted by atomic mass is 9.96. The number of unbranched alkanes of at least 4 members (excludes halogenated alkanes) is 3. The lowest BCUT2D eigenvalue weighted by Crippen LogP contribution is -2.40. The molecule has 20 heavy (non-hydrogen) atoms. The van der Waals surface area contributed by atoms with E-state index in [-0.39, 0.29) is 5.54 Å². The second kappa shape index (κ2) is 12.2. The number of hydrogen-bond donors (Lipinski definition) is 1. The zero-order valence-corrected chi connectivity index (χ0v) is 14.2. The average Bonchev–Trinajstić information content (AvgIpc) is 2.45. The van der Waals surface area contributed by atoms with Crippen LogP contribution in [0.5, 0.6) is 0 Å². The van der Waals surface area contributed by atoms with Crippen molar-refractivity contribution < 1.29 is 0 Å². The highest BCUT2D eigenvalue weighted by Crippen LogP contribution is 2.13. The molecule has 0 aliphatic heterocycles. The standard InChI is InChI=1S/C17H35N3/c1-5-8-13-20(14-9-6-2)15-11-10-12-17(4,16-18)19-7-3/h19H,5-15H2,1-4H3. The molecule has 0 spiro atoms. The maximum Gasteiger partial charge on any atom is 0.103 e. The van der Waals surface area contributed by atoms with Gasteiger partial charge in [0, 0.05) is 0 Å². The monoisotopic (exact) mass is 281 g/mol. The molecule has 0 aromatic carbocycles. The molecule has 0 saturated carbocycles. The molecule has 0 saturated heterocycles. The highest BCUT2D eigenvalue weighted by molar-refractivity contribution is 5.03. The van der Waals surface area contributed by atoms with Crippen LogP contribution in [0.4, 0.5) is 0 Å². The number of rotatable bonds is 13. The molecule has 0 aromatic rings. The van der Waals surface area contributed by atoms with E-state index in [9.17, 15) is 5.26 Å². The van der Waals surface area contributed by atoms with Gasteiger partial charge in [0.05, 0.1) is 6.07 Å². The predicted octanol–water partition coefficient (Wildman–Crippen LogP) is 3.95. The normalized spacial score (nSPS) is 14.2. The minimum atomic E-state index is -0.341. The third kappa shape index (κ3) is 9.34. The summed E-state index contributed by atoms with van der Waals surface area (Å²) in [6.07, 6.45) is 8.44. The summed E-state index contributed by atoms with van der Waals surface area (Å²) in [7, 11) is 0. The number of nitriles is 1. The molecule has 118 valence electrons. The first-order valence-corrected chi connectivity index (χ1v) is 8.50. The van der Waals surface area contributed by atoms with E-state index in [0.717, 1.165) is 19.4 Å². The summed E-state index contributed by atoms with van der Waals surface area (Å²) in [5, 5.41) is 12.5. The van der Waals surface area contributed by atoms with Crippen molar-refractivity contribution in [3.63, 3.8) is 0 Å². The second-order valence-electron chi connectivity index (χ2n) is 5.98. The Bertz CT molecular complexity index is 251. The van der Waals surface area contributed by atoms with Gasteiger partial charge in [-0.1, -0.05) is 33.6 Å². The van der Waals surface area contributed by atoms with Gasteiger partial charge in [-0.05, 0) is 65.2 Å². The van der Waals surface area contributed by atoms with Crippen molar-refractivity contribution in [1.29, 1.82) is 5.26 Å². The Labute approximate surface area is 126 Å². The third-order valence-corrected chi connectivity index (χ3v) is 3.87. The Hall–Kier alpha value is -0.590. The van der Waals surface area contributed by atoms with Crippen molar-refractivity contribution in [3.05, 3.63) is 0 Å². The van der Waals surface area contributed by atoms with Gasteiger partial charge in [-0.15, -0.1) is 0 Å². The van der Waals surface area contributed by atoms with Crippen LogP contribution >= 0.6 is 0 Å². The van der Waals surface area contributed by atoms with Crippen LogP contribution in [-0.2, 0) is 0 Å². The van der Waals surface area contributed by atoms with Gasteiger partial charge in [0.25, 0.3) is 0 Å². The molecule has 0 aliphatic carbocycles. The molecule has 3 heteroatoms. The van der Waals surface area contributed by atoms with Crippen LogP contribution in [0.25, 0.3) is 0 Å². The molecule has 0 amide bonds. The highest BCUT2D eigenvalue weighted by atomic mass is 15.1. The fraction of sp³-hybridized carbons (Fsp3) is 0.941. The minimum Gasteiger partial charge on any atom is -0.303 e. The summed E-state index contributed by atoms with van der Waals surface area (Å²) in [5.41, 5.74) is -0.341.